The summed E-state index contributed by atoms with van der Waals surface area (Å²) in [6.07, 6.45) is 2.05. The van der Waals surface area contributed by atoms with Gasteiger partial charge in [-0.05, 0) is 43.1 Å². The Morgan fingerprint density at radius 3 is 2.74 bits per heavy atom. The van der Waals surface area contributed by atoms with Crippen molar-refractivity contribution >= 4 is 23.2 Å². The van der Waals surface area contributed by atoms with E-state index in [1.165, 1.54) is 11.0 Å². The van der Waals surface area contributed by atoms with Crippen LogP contribution in [0.5, 0.6) is 0 Å². The molecule has 4 nitrogen and oxygen atoms in total. The first-order valence-corrected chi connectivity index (χ1v) is 9.40. The molecular weight excluding hydrogens is 365 g/mol. The SMILES string of the molecule is N#CCCN(C(=O)CN1CCC[C@@H]1c1ccccc1Cl)c1ccccc1F. The molecule has 1 atom stereocenters. The zero-order valence-corrected chi connectivity index (χ0v) is 15.7. The van der Waals surface area contributed by atoms with Crippen LogP contribution in [0.3, 0.4) is 0 Å². The minimum absolute atomic E-state index is 0.0705. The predicted molar refractivity (Wildman–Crippen MR) is 104 cm³/mol. The van der Waals surface area contributed by atoms with Gasteiger partial charge in [0.25, 0.3) is 0 Å². The molecule has 2 aromatic rings. The molecule has 1 aliphatic heterocycles. The highest BCUT2D eigenvalue weighted by atomic mass is 35.5. The second-order valence-electron chi connectivity index (χ2n) is 6.55. The first-order chi connectivity index (χ1) is 13.1. The van der Waals surface area contributed by atoms with Crippen molar-refractivity contribution in [2.24, 2.45) is 0 Å². The van der Waals surface area contributed by atoms with Gasteiger partial charge >= 0.3 is 0 Å². The molecule has 140 valence electrons. The van der Waals surface area contributed by atoms with Gasteiger partial charge in [0.2, 0.25) is 5.91 Å². The van der Waals surface area contributed by atoms with E-state index in [1.807, 2.05) is 30.3 Å². The minimum atomic E-state index is -0.465. The lowest BCUT2D eigenvalue weighted by Crippen LogP contribution is -2.41. The molecule has 0 aromatic heterocycles. The third-order valence-electron chi connectivity index (χ3n) is 4.86. The smallest absolute Gasteiger partial charge is 0.241 e. The summed E-state index contributed by atoms with van der Waals surface area (Å²) in [5.74, 6) is -0.679. The van der Waals surface area contributed by atoms with Crippen LogP contribution in [0.2, 0.25) is 5.02 Å². The van der Waals surface area contributed by atoms with Crippen molar-refractivity contribution < 1.29 is 9.18 Å². The van der Waals surface area contributed by atoms with Gasteiger partial charge < -0.3 is 4.90 Å². The van der Waals surface area contributed by atoms with Gasteiger partial charge in [-0.15, -0.1) is 0 Å². The van der Waals surface area contributed by atoms with E-state index in [4.69, 9.17) is 16.9 Å². The summed E-state index contributed by atoms with van der Waals surface area (Å²) in [5, 5.41) is 9.60. The van der Waals surface area contributed by atoms with Crippen molar-refractivity contribution in [2.45, 2.75) is 25.3 Å². The van der Waals surface area contributed by atoms with Crippen LogP contribution < -0.4 is 4.90 Å². The van der Waals surface area contributed by atoms with E-state index < -0.39 is 5.82 Å². The summed E-state index contributed by atoms with van der Waals surface area (Å²) >= 11 is 6.35. The Labute approximate surface area is 163 Å². The van der Waals surface area contributed by atoms with Crippen LogP contribution in [0.25, 0.3) is 0 Å². The summed E-state index contributed by atoms with van der Waals surface area (Å²) < 4.78 is 14.2. The van der Waals surface area contributed by atoms with E-state index in [1.54, 1.807) is 18.2 Å². The third-order valence-corrected chi connectivity index (χ3v) is 5.20. The molecule has 1 heterocycles. The molecular formula is C21H21ClFN3O. The minimum Gasteiger partial charge on any atom is -0.308 e. The lowest BCUT2D eigenvalue weighted by Gasteiger charge is -2.29. The maximum atomic E-state index is 14.2. The summed E-state index contributed by atoms with van der Waals surface area (Å²) in [5.41, 5.74) is 1.23. The van der Waals surface area contributed by atoms with Gasteiger partial charge in [0, 0.05) is 17.6 Å². The van der Waals surface area contributed by atoms with E-state index in [2.05, 4.69) is 4.90 Å². The van der Waals surface area contributed by atoms with Crippen molar-refractivity contribution in [1.82, 2.24) is 4.90 Å². The van der Waals surface area contributed by atoms with Gasteiger partial charge in [0.05, 0.1) is 24.7 Å². The average Bonchev–Trinajstić information content (AvgIpc) is 3.11. The molecule has 0 bridgehead atoms. The molecule has 3 rings (SSSR count). The number of benzene rings is 2. The molecule has 2 aromatic carbocycles. The second kappa shape index (κ2) is 8.98. The lowest BCUT2D eigenvalue weighted by molar-refractivity contribution is -0.120. The topological polar surface area (TPSA) is 47.3 Å². The number of rotatable bonds is 6. The van der Waals surface area contributed by atoms with Crippen molar-refractivity contribution in [1.29, 1.82) is 5.26 Å². The van der Waals surface area contributed by atoms with E-state index in [0.717, 1.165) is 24.9 Å². The predicted octanol–water partition coefficient (Wildman–Crippen LogP) is 4.56. The third kappa shape index (κ3) is 4.47. The van der Waals surface area contributed by atoms with Crippen molar-refractivity contribution in [3.8, 4) is 6.07 Å². The number of carbonyl (C=O) groups is 1. The van der Waals surface area contributed by atoms with E-state index in [9.17, 15) is 9.18 Å². The molecule has 0 spiro atoms. The summed E-state index contributed by atoms with van der Waals surface area (Å²) in [6.45, 7) is 1.11. The first-order valence-electron chi connectivity index (χ1n) is 9.02. The number of halogens is 2. The number of likely N-dealkylation sites (tertiary alicyclic amines) is 1. The summed E-state index contributed by atoms with van der Waals surface area (Å²) in [7, 11) is 0. The van der Waals surface area contributed by atoms with Crippen molar-refractivity contribution in [3.05, 3.63) is 64.9 Å². The maximum Gasteiger partial charge on any atom is 0.241 e. The standard InChI is InChI=1S/C21H21ClFN3O/c22-17-8-2-1-7-16(17)19-11-5-13-25(19)15-21(27)26(14-6-12-24)20-10-4-3-9-18(20)23/h1-4,7-10,19H,5-6,11,13-15H2/t19-/m1/s1. The Morgan fingerprint density at radius 1 is 1.26 bits per heavy atom. The fourth-order valence-corrected chi connectivity index (χ4v) is 3.85. The molecule has 6 heteroatoms. The Hall–Kier alpha value is -2.42. The Bertz CT molecular complexity index is 851. The molecule has 0 saturated carbocycles. The number of carbonyl (C=O) groups excluding carboxylic acids is 1. The monoisotopic (exact) mass is 385 g/mol. The molecule has 1 fully saturated rings. The normalized spacial score (nSPS) is 16.9. The molecule has 0 N–H and O–H groups in total. The van der Waals surface area contributed by atoms with Crippen LogP contribution in [0.4, 0.5) is 10.1 Å². The van der Waals surface area contributed by atoms with E-state index in [0.29, 0.717) is 5.02 Å². The van der Waals surface area contributed by atoms with Crippen LogP contribution in [0, 0.1) is 17.1 Å². The zero-order valence-electron chi connectivity index (χ0n) is 14.9. The number of hydrogen-bond donors (Lipinski definition) is 0. The largest absolute Gasteiger partial charge is 0.308 e. The number of nitriles is 1. The number of hydrogen-bond acceptors (Lipinski definition) is 3. The highest BCUT2D eigenvalue weighted by molar-refractivity contribution is 6.31. The molecule has 1 saturated heterocycles. The Morgan fingerprint density at radius 2 is 2.00 bits per heavy atom. The van der Waals surface area contributed by atoms with Crippen LogP contribution in [0.15, 0.2) is 48.5 Å². The van der Waals surface area contributed by atoms with Crippen LogP contribution >= 0.6 is 11.6 Å². The number of para-hydroxylation sites is 1. The van der Waals surface area contributed by atoms with Gasteiger partial charge in [-0.25, -0.2) is 4.39 Å². The zero-order chi connectivity index (χ0) is 19.2. The number of nitrogens with zero attached hydrogens (tertiary/aromatic N) is 3. The van der Waals surface area contributed by atoms with E-state index >= 15 is 0 Å². The maximum absolute atomic E-state index is 14.2. The van der Waals surface area contributed by atoms with E-state index in [-0.39, 0.29) is 37.1 Å². The molecule has 0 unspecified atom stereocenters. The highest BCUT2D eigenvalue weighted by Gasteiger charge is 2.30. The second-order valence-corrected chi connectivity index (χ2v) is 6.96. The summed E-state index contributed by atoms with van der Waals surface area (Å²) in [4.78, 5) is 16.5. The number of amides is 1. The van der Waals surface area contributed by atoms with Crippen molar-refractivity contribution in [2.75, 3.05) is 24.5 Å². The highest BCUT2D eigenvalue weighted by Crippen LogP contribution is 2.35. The Balaban J connectivity index is 1.80. The molecule has 0 radical (unpaired) electrons. The molecule has 0 aliphatic carbocycles. The summed E-state index contributed by atoms with van der Waals surface area (Å²) in [6, 6.07) is 15.9. The fourth-order valence-electron chi connectivity index (χ4n) is 3.58. The molecule has 27 heavy (non-hydrogen) atoms. The van der Waals surface area contributed by atoms with Gasteiger partial charge in [-0.3, -0.25) is 9.69 Å². The van der Waals surface area contributed by atoms with Crippen LogP contribution in [-0.2, 0) is 4.79 Å². The fraction of sp³-hybridized carbons (Fsp3) is 0.333. The average molecular weight is 386 g/mol. The number of anilines is 1. The molecule has 1 amide bonds. The van der Waals surface area contributed by atoms with Gasteiger partial charge in [-0.1, -0.05) is 41.9 Å². The van der Waals surface area contributed by atoms with Crippen LogP contribution in [0.1, 0.15) is 30.9 Å². The first kappa shape index (κ1) is 19.3. The molecule has 1 aliphatic rings. The van der Waals surface area contributed by atoms with Crippen LogP contribution in [-0.4, -0.2) is 30.4 Å². The van der Waals surface area contributed by atoms with Gasteiger partial charge in [-0.2, -0.15) is 5.26 Å². The lowest BCUT2D eigenvalue weighted by atomic mass is 10.0. The van der Waals surface area contributed by atoms with Gasteiger partial charge in [0.1, 0.15) is 5.82 Å². The van der Waals surface area contributed by atoms with Crippen molar-refractivity contribution in [3.63, 3.8) is 0 Å². The van der Waals surface area contributed by atoms with Gasteiger partial charge in [0.15, 0.2) is 0 Å². The quantitative estimate of drug-likeness (QED) is 0.732. The Kier molecular flexibility index (Phi) is 6.44.